The van der Waals surface area contributed by atoms with Crippen molar-refractivity contribution in [3.63, 3.8) is 0 Å². The van der Waals surface area contributed by atoms with Crippen LogP contribution in [0.15, 0.2) is 59.1 Å². The summed E-state index contributed by atoms with van der Waals surface area (Å²) in [6.45, 7) is 4.23. The molecule has 0 saturated heterocycles. The Morgan fingerprint density at radius 2 is 1.62 bits per heavy atom. The number of hydrogen-bond donors (Lipinski definition) is 0. The number of aryl methyl sites for hydroxylation is 2. The van der Waals surface area contributed by atoms with E-state index in [0.29, 0.717) is 0 Å². The van der Waals surface area contributed by atoms with Crippen molar-refractivity contribution in [2.24, 2.45) is 0 Å². The molecule has 0 aromatic heterocycles. The molecule has 0 saturated carbocycles. The second-order valence-electron chi connectivity index (χ2n) is 5.44. The van der Waals surface area contributed by atoms with Crippen LogP contribution in [-0.4, -0.2) is 0 Å². The quantitative estimate of drug-likeness (QED) is 0.455. The Balaban J connectivity index is 2.18. The third kappa shape index (κ3) is 2.86. The van der Waals surface area contributed by atoms with Crippen molar-refractivity contribution < 1.29 is 0 Å². The minimum Gasteiger partial charge on any atom is -0.113 e. The molecular weight excluding hydrogens is 344 g/mol. The molecule has 0 fully saturated rings. The molecule has 0 aliphatic carbocycles. The zero-order chi connectivity index (χ0) is 15.0. The monoisotopic (exact) mass is 358 g/mol. The Morgan fingerprint density at radius 1 is 0.905 bits per heavy atom. The first-order valence-corrected chi connectivity index (χ1v) is 8.18. The Hall–Kier alpha value is -1.31. The molecule has 0 radical (unpaired) electrons. The lowest BCUT2D eigenvalue weighted by Gasteiger charge is -2.15. The van der Waals surface area contributed by atoms with Crippen molar-refractivity contribution in [1.29, 1.82) is 0 Å². The van der Waals surface area contributed by atoms with Gasteiger partial charge in [-0.05, 0) is 59.0 Å². The van der Waals surface area contributed by atoms with E-state index in [0.717, 1.165) is 15.6 Å². The van der Waals surface area contributed by atoms with Gasteiger partial charge in [0.1, 0.15) is 0 Å². The fourth-order valence-corrected chi connectivity index (χ4v) is 3.73. The molecule has 0 spiro atoms. The minimum atomic E-state index is -0.147. The van der Waals surface area contributed by atoms with Crippen LogP contribution in [0.2, 0.25) is 0 Å². The highest BCUT2D eigenvalue weighted by atomic mass is 79.9. The molecule has 0 aliphatic rings. The topological polar surface area (TPSA) is 0 Å². The van der Waals surface area contributed by atoms with Crippen LogP contribution in [0.5, 0.6) is 0 Å². The van der Waals surface area contributed by atoms with Gasteiger partial charge in [0.15, 0.2) is 0 Å². The van der Waals surface area contributed by atoms with Gasteiger partial charge in [0.25, 0.3) is 0 Å². The molecule has 0 aliphatic heterocycles. The van der Waals surface area contributed by atoms with Gasteiger partial charge in [0, 0.05) is 4.47 Å². The van der Waals surface area contributed by atoms with E-state index in [2.05, 4.69) is 84.4 Å². The average molecular weight is 360 g/mol. The van der Waals surface area contributed by atoms with E-state index < -0.39 is 0 Å². The van der Waals surface area contributed by atoms with Crippen LogP contribution in [0, 0.1) is 13.8 Å². The molecule has 3 aromatic carbocycles. The summed E-state index contributed by atoms with van der Waals surface area (Å²) in [5.41, 5.74) is 4.78. The molecule has 3 aromatic rings. The molecule has 1 atom stereocenters. The summed E-state index contributed by atoms with van der Waals surface area (Å²) in [5.74, 6) is 0. The van der Waals surface area contributed by atoms with Crippen LogP contribution in [0.1, 0.15) is 27.6 Å². The predicted octanol–water partition coefficient (Wildman–Crippen LogP) is 6.55. The fraction of sp³-hybridized carbons (Fsp3) is 0.158. The first kappa shape index (κ1) is 14.6. The summed E-state index contributed by atoms with van der Waals surface area (Å²) < 4.78 is 1.07. The molecular formula is C19H16BrCl. The van der Waals surface area contributed by atoms with E-state index in [9.17, 15) is 0 Å². The third-order valence-corrected chi connectivity index (χ3v) is 4.75. The van der Waals surface area contributed by atoms with Gasteiger partial charge in [-0.2, -0.15) is 0 Å². The third-order valence-electron chi connectivity index (χ3n) is 3.81. The van der Waals surface area contributed by atoms with Gasteiger partial charge in [0.2, 0.25) is 0 Å². The zero-order valence-corrected chi connectivity index (χ0v) is 14.4. The fourth-order valence-electron chi connectivity index (χ4n) is 2.78. The van der Waals surface area contributed by atoms with Crippen molar-refractivity contribution >= 4 is 38.3 Å². The number of fused-ring (bicyclic) bond motifs is 1. The van der Waals surface area contributed by atoms with Gasteiger partial charge >= 0.3 is 0 Å². The number of alkyl halides is 1. The maximum Gasteiger partial charge on any atom is 0.0841 e. The largest absolute Gasteiger partial charge is 0.113 e. The van der Waals surface area contributed by atoms with Crippen molar-refractivity contribution in [1.82, 2.24) is 0 Å². The van der Waals surface area contributed by atoms with Gasteiger partial charge in [-0.25, -0.2) is 0 Å². The Labute approximate surface area is 138 Å². The Kier molecular flexibility index (Phi) is 4.05. The molecule has 2 heteroatoms. The lowest BCUT2D eigenvalue weighted by Crippen LogP contribution is -1.96. The molecule has 1 unspecified atom stereocenters. The molecule has 0 heterocycles. The first-order chi connectivity index (χ1) is 10.1. The second kappa shape index (κ2) is 5.82. The standard InChI is InChI=1S/C19H16BrCl/c1-12-9-14(11-15(20)10-12)19(21)18-8-7-13(2)16-5-3-4-6-17(16)18/h3-11,19H,1-2H3. The van der Waals surface area contributed by atoms with E-state index >= 15 is 0 Å². The summed E-state index contributed by atoms with van der Waals surface area (Å²) in [6.07, 6.45) is 0. The smallest absolute Gasteiger partial charge is 0.0841 e. The van der Waals surface area contributed by atoms with E-state index in [4.69, 9.17) is 11.6 Å². The maximum absolute atomic E-state index is 6.79. The highest BCUT2D eigenvalue weighted by Crippen LogP contribution is 2.36. The summed E-state index contributed by atoms with van der Waals surface area (Å²) in [6, 6.07) is 19.1. The summed E-state index contributed by atoms with van der Waals surface area (Å²) in [7, 11) is 0. The SMILES string of the molecule is Cc1cc(Br)cc(C(Cl)c2ccc(C)c3ccccc23)c1. The van der Waals surface area contributed by atoms with Crippen LogP contribution >= 0.6 is 27.5 Å². The van der Waals surface area contributed by atoms with Crippen LogP contribution in [-0.2, 0) is 0 Å². The van der Waals surface area contributed by atoms with Gasteiger partial charge in [0.05, 0.1) is 5.38 Å². The van der Waals surface area contributed by atoms with Crippen molar-refractivity contribution in [2.75, 3.05) is 0 Å². The first-order valence-electron chi connectivity index (χ1n) is 6.95. The second-order valence-corrected chi connectivity index (χ2v) is 6.79. The molecule has 0 amide bonds. The summed E-state index contributed by atoms with van der Waals surface area (Å²) in [4.78, 5) is 0. The zero-order valence-electron chi connectivity index (χ0n) is 12.0. The number of rotatable bonds is 2. The number of benzene rings is 3. The highest BCUT2D eigenvalue weighted by Gasteiger charge is 2.15. The van der Waals surface area contributed by atoms with E-state index in [1.54, 1.807) is 0 Å². The average Bonchev–Trinajstić information content (AvgIpc) is 2.46. The molecule has 0 nitrogen and oxygen atoms in total. The van der Waals surface area contributed by atoms with Gasteiger partial charge in [-0.15, -0.1) is 11.6 Å². The molecule has 21 heavy (non-hydrogen) atoms. The van der Waals surface area contributed by atoms with Crippen LogP contribution in [0.4, 0.5) is 0 Å². The normalized spacial score (nSPS) is 12.6. The molecule has 3 rings (SSSR count). The lowest BCUT2D eigenvalue weighted by molar-refractivity contribution is 1.14. The van der Waals surface area contributed by atoms with Gasteiger partial charge < -0.3 is 0 Å². The van der Waals surface area contributed by atoms with Crippen molar-refractivity contribution in [2.45, 2.75) is 19.2 Å². The Morgan fingerprint density at radius 3 is 2.33 bits per heavy atom. The van der Waals surface area contributed by atoms with Crippen LogP contribution in [0.3, 0.4) is 0 Å². The van der Waals surface area contributed by atoms with Gasteiger partial charge in [-0.3, -0.25) is 0 Å². The number of hydrogen-bond acceptors (Lipinski definition) is 0. The summed E-state index contributed by atoms with van der Waals surface area (Å²) >= 11 is 10.3. The van der Waals surface area contributed by atoms with Gasteiger partial charge in [-0.1, -0.05) is 58.4 Å². The minimum absolute atomic E-state index is 0.147. The van der Waals surface area contributed by atoms with Crippen molar-refractivity contribution in [3.05, 3.63) is 81.3 Å². The molecule has 106 valence electrons. The van der Waals surface area contributed by atoms with E-state index in [-0.39, 0.29) is 5.38 Å². The Bertz CT molecular complexity index is 788. The van der Waals surface area contributed by atoms with Crippen molar-refractivity contribution in [3.8, 4) is 0 Å². The number of halogens is 2. The predicted molar refractivity (Wildman–Crippen MR) is 95.3 cm³/mol. The van der Waals surface area contributed by atoms with Crippen LogP contribution in [0.25, 0.3) is 10.8 Å². The highest BCUT2D eigenvalue weighted by molar-refractivity contribution is 9.10. The lowest BCUT2D eigenvalue weighted by atomic mass is 9.95. The van der Waals surface area contributed by atoms with E-state index in [1.165, 1.54) is 21.9 Å². The summed E-state index contributed by atoms with van der Waals surface area (Å²) in [5, 5.41) is 2.36. The molecule has 0 bridgehead atoms. The van der Waals surface area contributed by atoms with E-state index in [1.807, 2.05) is 0 Å². The maximum atomic E-state index is 6.79. The molecule has 0 N–H and O–H groups in total. The van der Waals surface area contributed by atoms with Crippen LogP contribution < -0.4 is 0 Å².